The second kappa shape index (κ2) is 10.8. The zero-order valence-corrected chi connectivity index (χ0v) is 24.0. The summed E-state index contributed by atoms with van der Waals surface area (Å²) in [6, 6.07) is 25.1. The van der Waals surface area contributed by atoms with Gasteiger partial charge in [0.25, 0.3) is 0 Å². The Morgan fingerprint density at radius 3 is 1.77 bits per heavy atom. The molecule has 6 rings (SSSR count). The fourth-order valence-corrected chi connectivity index (χ4v) is 5.78. The van der Waals surface area contributed by atoms with E-state index in [0.717, 1.165) is 44.2 Å². The molecule has 0 unspecified atom stereocenters. The van der Waals surface area contributed by atoms with Crippen molar-refractivity contribution in [3.05, 3.63) is 128 Å². The number of aromatic amines is 2. The van der Waals surface area contributed by atoms with E-state index >= 15 is 0 Å². The van der Waals surface area contributed by atoms with Crippen molar-refractivity contribution in [2.24, 2.45) is 0 Å². The van der Waals surface area contributed by atoms with E-state index in [1.165, 1.54) is 0 Å². The third kappa shape index (κ3) is 5.33. The molecule has 4 N–H and O–H groups in total. The van der Waals surface area contributed by atoms with Crippen LogP contribution in [0.2, 0.25) is 20.1 Å². The molecule has 0 aliphatic carbocycles. The summed E-state index contributed by atoms with van der Waals surface area (Å²) in [4.78, 5) is 6.81. The number of hydrogen-bond donors (Lipinski definition) is 4. The maximum Gasteiger partial charge on any atom is 0.175 e. The molecule has 0 radical (unpaired) electrons. The van der Waals surface area contributed by atoms with Crippen LogP contribution in [0.4, 0.5) is 11.4 Å². The summed E-state index contributed by atoms with van der Waals surface area (Å²) in [6.45, 7) is 0. The van der Waals surface area contributed by atoms with Gasteiger partial charge in [-0.05, 0) is 95.6 Å². The molecular weight excluding hydrogens is 590 g/mol. The van der Waals surface area contributed by atoms with E-state index in [4.69, 9.17) is 58.6 Å². The molecule has 0 spiro atoms. The highest BCUT2D eigenvalue weighted by Gasteiger charge is 2.23. The van der Waals surface area contributed by atoms with E-state index in [2.05, 4.69) is 45.1 Å². The van der Waals surface area contributed by atoms with Gasteiger partial charge in [0.15, 0.2) is 5.11 Å². The summed E-state index contributed by atoms with van der Waals surface area (Å²) >= 11 is 30.7. The van der Waals surface area contributed by atoms with Crippen LogP contribution in [0.25, 0.3) is 21.8 Å². The van der Waals surface area contributed by atoms with Crippen LogP contribution in [0, 0.1) is 0 Å². The van der Waals surface area contributed by atoms with Gasteiger partial charge in [-0.2, -0.15) is 0 Å². The van der Waals surface area contributed by atoms with E-state index in [9.17, 15) is 0 Å². The topological polar surface area (TPSA) is 55.6 Å². The van der Waals surface area contributed by atoms with Gasteiger partial charge in [-0.3, -0.25) is 0 Å². The summed E-state index contributed by atoms with van der Waals surface area (Å²) in [5, 5.41) is 11.3. The predicted octanol–water partition coefficient (Wildman–Crippen LogP) is 10.3. The Kier molecular flexibility index (Phi) is 7.19. The lowest BCUT2D eigenvalue weighted by Crippen LogP contribution is -2.19. The van der Waals surface area contributed by atoms with E-state index in [0.29, 0.717) is 30.9 Å². The molecule has 6 aromatic rings. The lowest BCUT2D eigenvalue weighted by atomic mass is 9.84. The van der Waals surface area contributed by atoms with Gasteiger partial charge < -0.3 is 20.6 Å². The van der Waals surface area contributed by atoms with Crippen molar-refractivity contribution < 1.29 is 0 Å². The average Bonchev–Trinajstić information content (AvgIpc) is 3.51. The summed E-state index contributed by atoms with van der Waals surface area (Å²) in [5.41, 5.74) is 6.83. The van der Waals surface area contributed by atoms with Crippen molar-refractivity contribution >= 4 is 96.9 Å². The summed E-state index contributed by atoms with van der Waals surface area (Å²) < 4.78 is 0. The first-order chi connectivity index (χ1) is 18.9. The highest BCUT2D eigenvalue weighted by molar-refractivity contribution is 7.80. The second-order valence-electron chi connectivity index (χ2n) is 9.13. The minimum absolute atomic E-state index is 0.0890. The molecule has 0 aliphatic rings. The number of rotatable bonds is 5. The van der Waals surface area contributed by atoms with Gasteiger partial charge in [0.2, 0.25) is 0 Å². The Morgan fingerprint density at radius 2 is 1.18 bits per heavy atom. The predicted molar refractivity (Wildman–Crippen MR) is 170 cm³/mol. The van der Waals surface area contributed by atoms with E-state index in [1.54, 1.807) is 18.2 Å². The molecule has 0 aliphatic heterocycles. The Balaban J connectivity index is 1.37. The van der Waals surface area contributed by atoms with Crippen LogP contribution >= 0.6 is 58.6 Å². The van der Waals surface area contributed by atoms with Gasteiger partial charge in [0, 0.05) is 60.9 Å². The zero-order valence-electron chi connectivity index (χ0n) is 20.2. The SMILES string of the molecule is S=C(Nc1ccc(C(c2c[nH]c3ccc(Cl)cc23)c2c[nH]c3ccc(Cl)cc23)cc1)Nc1cc(Cl)ccc1Cl. The molecule has 2 aromatic heterocycles. The molecule has 0 saturated carbocycles. The molecule has 0 atom stereocenters. The maximum atomic E-state index is 6.41. The number of nitrogens with one attached hydrogen (secondary N) is 4. The van der Waals surface area contributed by atoms with Crippen molar-refractivity contribution in [3.63, 3.8) is 0 Å². The van der Waals surface area contributed by atoms with Crippen LogP contribution in [-0.2, 0) is 0 Å². The Bertz CT molecular complexity index is 1760. The number of benzene rings is 4. The monoisotopic (exact) mass is 608 g/mol. The van der Waals surface area contributed by atoms with Crippen molar-refractivity contribution in [2.45, 2.75) is 5.92 Å². The zero-order chi connectivity index (χ0) is 27.1. The molecular formula is C30H20Cl4N4S. The molecule has 2 heterocycles. The molecule has 4 nitrogen and oxygen atoms in total. The number of aromatic nitrogens is 2. The first-order valence-corrected chi connectivity index (χ1v) is 13.9. The number of fused-ring (bicyclic) bond motifs is 2. The molecule has 0 fully saturated rings. The highest BCUT2D eigenvalue weighted by Crippen LogP contribution is 2.40. The van der Waals surface area contributed by atoms with Crippen molar-refractivity contribution in [3.8, 4) is 0 Å². The fraction of sp³-hybridized carbons (Fsp3) is 0.0333. The first-order valence-electron chi connectivity index (χ1n) is 12.0. The van der Waals surface area contributed by atoms with Gasteiger partial charge in [-0.15, -0.1) is 0 Å². The van der Waals surface area contributed by atoms with Gasteiger partial charge >= 0.3 is 0 Å². The molecule has 9 heteroatoms. The van der Waals surface area contributed by atoms with Crippen LogP contribution in [0.5, 0.6) is 0 Å². The number of anilines is 2. The van der Waals surface area contributed by atoms with Gasteiger partial charge in [-0.25, -0.2) is 0 Å². The number of H-pyrrole nitrogens is 2. The van der Waals surface area contributed by atoms with Crippen molar-refractivity contribution in [1.29, 1.82) is 0 Å². The quantitative estimate of drug-likeness (QED) is 0.147. The van der Waals surface area contributed by atoms with E-state index < -0.39 is 0 Å². The molecule has 0 amide bonds. The smallest absolute Gasteiger partial charge is 0.175 e. The first kappa shape index (κ1) is 26.1. The Labute approximate surface area is 250 Å². The molecule has 39 heavy (non-hydrogen) atoms. The lowest BCUT2D eigenvalue weighted by molar-refractivity contribution is 0.998. The molecule has 0 bridgehead atoms. The third-order valence-electron chi connectivity index (χ3n) is 6.65. The number of thiocarbonyl (C=S) groups is 1. The van der Waals surface area contributed by atoms with E-state index in [-0.39, 0.29) is 5.92 Å². The molecule has 194 valence electrons. The normalized spacial score (nSPS) is 11.4. The Morgan fingerprint density at radius 1 is 0.641 bits per heavy atom. The largest absolute Gasteiger partial charge is 0.361 e. The van der Waals surface area contributed by atoms with Crippen LogP contribution in [-0.4, -0.2) is 15.1 Å². The minimum Gasteiger partial charge on any atom is -0.361 e. The molecule has 0 saturated heterocycles. The van der Waals surface area contributed by atoms with Gasteiger partial charge in [0.1, 0.15) is 0 Å². The van der Waals surface area contributed by atoms with Crippen LogP contribution in [0.3, 0.4) is 0 Å². The fourth-order valence-electron chi connectivity index (χ4n) is 4.87. The standard InChI is InChI=1S/C30H20Cl4N4S/c31-17-4-9-26-21(11-17)23(14-35-26)29(24-15-36-27-10-5-18(32)12-22(24)27)16-1-6-20(7-2-16)37-30(39)38-28-13-19(33)3-8-25(28)34/h1-15,29,35-36H,(H2,37,38,39). The second-order valence-corrected chi connectivity index (χ2v) is 11.3. The summed E-state index contributed by atoms with van der Waals surface area (Å²) in [5.74, 6) is -0.0890. The van der Waals surface area contributed by atoms with Gasteiger partial charge in [0.05, 0.1) is 10.7 Å². The van der Waals surface area contributed by atoms with E-state index in [1.807, 2.05) is 48.5 Å². The van der Waals surface area contributed by atoms with Crippen LogP contribution in [0.1, 0.15) is 22.6 Å². The highest BCUT2D eigenvalue weighted by atomic mass is 35.5. The maximum absolute atomic E-state index is 6.41. The van der Waals surface area contributed by atoms with Crippen LogP contribution < -0.4 is 10.6 Å². The van der Waals surface area contributed by atoms with Gasteiger partial charge in [-0.1, -0.05) is 58.5 Å². The van der Waals surface area contributed by atoms with Crippen LogP contribution in [0.15, 0.2) is 91.3 Å². The minimum atomic E-state index is -0.0890. The molecule has 4 aromatic carbocycles. The average molecular weight is 610 g/mol. The van der Waals surface area contributed by atoms with Crippen molar-refractivity contribution in [1.82, 2.24) is 9.97 Å². The summed E-state index contributed by atoms with van der Waals surface area (Å²) in [6.07, 6.45) is 4.10. The lowest BCUT2D eigenvalue weighted by Gasteiger charge is -2.19. The third-order valence-corrected chi connectivity index (χ3v) is 7.89. The van der Waals surface area contributed by atoms with Crippen molar-refractivity contribution in [2.75, 3.05) is 10.6 Å². The number of halogens is 4. The summed E-state index contributed by atoms with van der Waals surface area (Å²) in [7, 11) is 0. The number of hydrogen-bond acceptors (Lipinski definition) is 1. The Hall–Kier alpha value is -3.19.